The highest BCUT2D eigenvalue weighted by atomic mass is 19.1. The lowest BCUT2D eigenvalue weighted by molar-refractivity contribution is 0.310. The Balaban J connectivity index is 1.86. The second-order valence-corrected chi connectivity index (χ2v) is 5.67. The fraction of sp³-hybridized carbons (Fsp3) is 0.167. The molecule has 4 heterocycles. The van der Waals surface area contributed by atoms with Crippen molar-refractivity contribution in [3.8, 4) is 23.3 Å². The van der Waals surface area contributed by atoms with E-state index in [-0.39, 0.29) is 11.5 Å². The van der Waals surface area contributed by atoms with Crippen molar-refractivity contribution in [2.24, 2.45) is 0 Å². The van der Waals surface area contributed by atoms with Gasteiger partial charge < -0.3 is 9.64 Å². The van der Waals surface area contributed by atoms with Crippen LogP contribution in [-0.4, -0.2) is 33.1 Å². The third-order valence-electron chi connectivity index (χ3n) is 3.97. The van der Waals surface area contributed by atoms with Crippen molar-refractivity contribution >= 4 is 11.5 Å². The molecule has 0 saturated carbocycles. The van der Waals surface area contributed by atoms with Gasteiger partial charge in [0.05, 0.1) is 24.0 Å². The van der Waals surface area contributed by atoms with Gasteiger partial charge >= 0.3 is 0 Å². The average molecular weight is 348 g/mol. The number of hydrogen-bond donors (Lipinski definition) is 0. The van der Waals surface area contributed by atoms with Crippen LogP contribution in [0.4, 0.5) is 15.9 Å². The Morgan fingerprint density at radius 2 is 2.12 bits per heavy atom. The molecule has 0 unspecified atom stereocenters. The number of fused-ring (bicyclic) bond motifs is 1. The molecule has 0 amide bonds. The van der Waals surface area contributed by atoms with Gasteiger partial charge in [-0.15, -0.1) is 0 Å². The number of aromatic nitrogens is 4. The third-order valence-corrected chi connectivity index (χ3v) is 3.97. The van der Waals surface area contributed by atoms with E-state index >= 15 is 0 Å². The van der Waals surface area contributed by atoms with E-state index in [0.29, 0.717) is 41.7 Å². The second-order valence-electron chi connectivity index (χ2n) is 5.67. The van der Waals surface area contributed by atoms with Gasteiger partial charge in [-0.05, 0) is 25.1 Å². The number of ether oxygens (including phenoxy) is 1. The van der Waals surface area contributed by atoms with E-state index in [1.54, 1.807) is 25.3 Å². The molecule has 0 spiro atoms. The van der Waals surface area contributed by atoms with Crippen LogP contribution in [-0.2, 0) is 0 Å². The fourth-order valence-corrected chi connectivity index (χ4v) is 2.76. The second kappa shape index (κ2) is 6.37. The van der Waals surface area contributed by atoms with E-state index in [2.05, 4.69) is 26.0 Å². The molecule has 0 fully saturated rings. The predicted octanol–water partition coefficient (Wildman–Crippen LogP) is 2.78. The molecule has 0 atom stereocenters. The fourth-order valence-electron chi connectivity index (χ4n) is 2.76. The molecule has 7 nitrogen and oxygen atoms in total. The number of halogens is 1. The van der Waals surface area contributed by atoms with Crippen LogP contribution in [0.3, 0.4) is 0 Å². The molecular formula is C18H13FN6O. The lowest BCUT2D eigenvalue weighted by atomic mass is 10.2. The first kappa shape index (κ1) is 15.9. The number of nitriles is 1. The number of anilines is 2. The zero-order valence-corrected chi connectivity index (χ0v) is 13.8. The Morgan fingerprint density at radius 1 is 1.23 bits per heavy atom. The molecular weight excluding hydrogens is 335 g/mol. The molecule has 0 aliphatic carbocycles. The van der Waals surface area contributed by atoms with Crippen molar-refractivity contribution in [3.05, 3.63) is 53.9 Å². The van der Waals surface area contributed by atoms with E-state index < -0.39 is 5.82 Å². The van der Waals surface area contributed by atoms with Crippen LogP contribution in [0.2, 0.25) is 0 Å². The summed E-state index contributed by atoms with van der Waals surface area (Å²) in [4.78, 5) is 18.7. The Morgan fingerprint density at radius 3 is 2.96 bits per heavy atom. The summed E-state index contributed by atoms with van der Waals surface area (Å²) in [6.45, 7) is 2.68. The van der Waals surface area contributed by atoms with Crippen LogP contribution in [0.5, 0.6) is 5.75 Å². The largest absolute Gasteiger partial charge is 0.486 e. The lowest BCUT2D eigenvalue weighted by Gasteiger charge is -2.30. The zero-order chi connectivity index (χ0) is 18.1. The monoisotopic (exact) mass is 348 g/mol. The van der Waals surface area contributed by atoms with Crippen molar-refractivity contribution in [1.82, 2.24) is 19.9 Å². The molecule has 128 valence electrons. The quantitative estimate of drug-likeness (QED) is 0.703. The highest BCUT2D eigenvalue weighted by Gasteiger charge is 2.25. The SMILES string of the molecule is Cc1ccc(F)c(-c2ncc3c(n2)N(c2ccncc2C#N)CCO3)n1. The highest BCUT2D eigenvalue weighted by molar-refractivity contribution is 5.72. The molecule has 0 radical (unpaired) electrons. The number of nitrogens with zero attached hydrogens (tertiary/aromatic N) is 6. The van der Waals surface area contributed by atoms with Gasteiger partial charge in [-0.25, -0.2) is 19.3 Å². The van der Waals surface area contributed by atoms with Crippen LogP contribution in [0.1, 0.15) is 11.3 Å². The third kappa shape index (κ3) is 2.69. The summed E-state index contributed by atoms with van der Waals surface area (Å²) in [6, 6.07) is 6.79. The van der Waals surface area contributed by atoms with Gasteiger partial charge in [0.25, 0.3) is 0 Å². The maximum absolute atomic E-state index is 14.2. The van der Waals surface area contributed by atoms with E-state index in [4.69, 9.17) is 4.74 Å². The summed E-state index contributed by atoms with van der Waals surface area (Å²) in [5, 5.41) is 9.36. The van der Waals surface area contributed by atoms with Gasteiger partial charge in [0.1, 0.15) is 18.4 Å². The summed E-state index contributed by atoms with van der Waals surface area (Å²) < 4.78 is 19.8. The molecule has 3 aromatic rings. The normalized spacial score (nSPS) is 12.9. The predicted molar refractivity (Wildman–Crippen MR) is 91.4 cm³/mol. The summed E-state index contributed by atoms with van der Waals surface area (Å²) in [6.07, 6.45) is 4.60. The van der Waals surface area contributed by atoms with Gasteiger partial charge in [-0.3, -0.25) is 4.98 Å². The van der Waals surface area contributed by atoms with Gasteiger partial charge in [0.2, 0.25) is 0 Å². The first-order valence-electron chi connectivity index (χ1n) is 7.92. The molecule has 8 heteroatoms. The first-order chi connectivity index (χ1) is 12.7. The number of hydrogen-bond acceptors (Lipinski definition) is 7. The van der Waals surface area contributed by atoms with Crippen molar-refractivity contribution in [3.63, 3.8) is 0 Å². The van der Waals surface area contributed by atoms with Crippen molar-refractivity contribution in [2.45, 2.75) is 6.92 Å². The highest BCUT2D eigenvalue weighted by Crippen LogP contribution is 2.36. The molecule has 0 bridgehead atoms. The van der Waals surface area contributed by atoms with Crippen LogP contribution >= 0.6 is 0 Å². The number of pyridine rings is 2. The summed E-state index contributed by atoms with van der Waals surface area (Å²) in [5.74, 6) is 0.592. The maximum Gasteiger partial charge on any atom is 0.183 e. The molecule has 0 aromatic carbocycles. The molecule has 26 heavy (non-hydrogen) atoms. The van der Waals surface area contributed by atoms with Gasteiger partial charge in [0, 0.05) is 18.1 Å². The molecule has 3 aromatic heterocycles. The van der Waals surface area contributed by atoms with E-state index in [0.717, 1.165) is 0 Å². The Bertz CT molecular complexity index is 1030. The van der Waals surface area contributed by atoms with Gasteiger partial charge in [-0.1, -0.05) is 0 Å². The van der Waals surface area contributed by atoms with Crippen LogP contribution in [0.15, 0.2) is 36.8 Å². The zero-order valence-electron chi connectivity index (χ0n) is 13.8. The molecule has 0 saturated heterocycles. The first-order valence-corrected chi connectivity index (χ1v) is 7.92. The maximum atomic E-state index is 14.2. The van der Waals surface area contributed by atoms with Gasteiger partial charge in [-0.2, -0.15) is 5.26 Å². The minimum atomic E-state index is -0.500. The number of aryl methyl sites for hydroxylation is 1. The van der Waals surface area contributed by atoms with Crippen molar-refractivity contribution < 1.29 is 9.13 Å². The Kier molecular flexibility index (Phi) is 3.89. The summed E-state index contributed by atoms with van der Waals surface area (Å²) in [7, 11) is 0. The standard InChI is InChI=1S/C18H13FN6O/c1-11-2-3-13(19)16(23-11)17-22-10-15-18(24-17)25(6-7-26-15)14-4-5-21-9-12(14)8-20/h2-5,9-10H,6-7H2,1H3. The molecule has 1 aliphatic heterocycles. The van der Waals surface area contributed by atoms with E-state index in [9.17, 15) is 9.65 Å². The smallest absolute Gasteiger partial charge is 0.183 e. The Hall–Kier alpha value is -3.60. The summed E-state index contributed by atoms with van der Waals surface area (Å²) in [5.41, 5.74) is 1.82. The van der Waals surface area contributed by atoms with Gasteiger partial charge in [0.15, 0.2) is 23.2 Å². The molecule has 4 rings (SSSR count). The molecule has 1 aliphatic rings. The number of rotatable bonds is 2. The van der Waals surface area contributed by atoms with E-state index in [1.165, 1.54) is 18.5 Å². The topological polar surface area (TPSA) is 87.8 Å². The lowest BCUT2D eigenvalue weighted by Crippen LogP contribution is -2.30. The van der Waals surface area contributed by atoms with Crippen LogP contribution in [0.25, 0.3) is 11.5 Å². The minimum absolute atomic E-state index is 0.0774. The van der Waals surface area contributed by atoms with Crippen molar-refractivity contribution in [1.29, 1.82) is 5.26 Å². The van der Waals surface area contributed by atoms with Crippen LogP contribution in [0, 0.1) is 24.1 Å². The Labute approximate surface area is 148 Å². The van der Waals surface area contributed by atoms with E-state index in [1.807, 2.05) is 4.90 Å². The average Bonchev–Trinajstić information content (AvgIpc) is 2.69. The molecule has 0 N–H and O–H groups in total. The minimum Gasteiger partial charge on any atom is -0.486 e. The van der Waals surface area contributed by atoms with Crippen molar-refractivity contribution in [2.75, 3.05) is 18.1 Å². The summed E-state index contributed by atoms with van der Waals surface area (Å²) >= 11 is 0. The van der Waals surface area contributed by atoms with Crippen LogP contribution < -0.4 is 9.64 Å².